The predicted octanol–water partition coefficient (Wildman–Crippen LogP) is 5.98. The van der Waals surface area contributed by atoms with E-state index in [0.29, 0.717) is 28.5 Å². The molecule has 0 saturated heterocycles. The monoisotopic (exact) mass is 416 g/mol. The van der Waals surface area contributed by atoms with Crippen LogP contribution in [0, 0.1) is 11.3 Å². The van der Waals surface area contributed by atoms with E-state index in [1.54, 1.807) is 24.3 Å². The van der Waals surface area contributed by atoms with Crippen molar-refractivity contribution in [2.45, 2.75) is 13.0 Å². The minimum Gasteiger partial charge on any atom is -0.489 e. The molecule has 0 fully saturated rings. The number of ether oxygens (including phenoxy) is 1. The number of anilines is 1. The highest BCUT2D eigenvalue weighted by Gasteiger charge is 2.14. The highest BCUT2D eigenvalue weighted by molar-refractivity contribution is 6.31. The summed E-state index contributed by atoms with van der Waals surface area (Å²) in [5.41, 5.74) is 3.00. The number of amides is 1. The number of carbonyl (C=O) groups excluding carboxylic acids is 1. The molecule has 6 heteroatoms. The summed E-state index contributed by atoms with van der Waals surface area (Å²) in [6, 6.07) is 23.8. The summed E-state index contributed by atoms with van der Waals surface area (Å²) in [5.74, 6) is 0.540. The van der Waals surface area contributed by atoms with Crippen LogP contribution in [-0.4, -0.2) is 5.91 Å². The predicted molar refractivity (Wildman–Crippen MR) is 116 cm³/mol. The molecule has 0 bridgehead atoms. The maximum atomic E-state index is 12.7. The van der Waals surface area contributed by atoms with E-state index in [-0.39, 0.29) is 18.3 Å². The lowest BCUT2D eigenvalue weighted by molar-refractivity contribution is 0.0998. The van der Waals surface area contributed by atoms with E-state index >= 15 is 0 Å². The molecule has 5 nitrogen and oxygen atoms in total. The molecule has 1 aromatic heterocycles. The Hall–Kier alpha value is -3.75. The molecule has 0 aliphatic carbocycles. The van der Waals surface area contributed by atoms with Crippen molar-refractivity contribution in [3.63, 3.8) is 0 Å². The van der Waals surface area contributed by atoms with Crippen LogP contribution in [0.15, 0.2) is 77.2 Å². The first kappa shape index (κ1) is 19.6. The second kappa shape index (κ2) is 8.73. The lowest BCUT2D eigenvalue weighted by Crippen LogP contribution is -2.13. The number of fused-ring (bicyclic) bond motifs is 1. The summed E-state index contributed by atoms with van der Waals surface area (Å²) in [4.78, 5) is 12.7. The molecule has 4 aromatic rings. The third-order valence-electron chi connectivity index (χ3n) is 4.57. The van der Waals surface area contributed by atoms with Crippen LogP contribution in [0.2, 0.25) is 5.02 Å². The molecule has 1 heterocycles. The second-order valence-electron chi connectivity index (χ2n) is 6.67. The summed E-state index contributed by atoms with van der Waals surface area (Å²) < 4.78 is 11.5. The average molecular weight is 417 g/mol. The van der Waals surface area contributed by atoms with Crippen molar-refractivity contribution < 1.29 is 13.9 Å². The van der Waals surface area contributed by atoms with Crippen molar-refractivity contribution >= 4 is 34.2 Å². The molecule has 0 unspecified atom stereocenters. The van der Waals surface area contributed by atoms with Crippen LogP contribution >= 0.6 is 11.6 Å². The lowest BCUT2D eigenvalue weighted by Gasteiger charge is -2.12. The number of nitriles is 1. The van der Waals surface area contributed by atoms with E-state index in [1.165, 1.54) is 0 Å². The Balaban J connectivity index is 1.47. The van der Waals surface area contributed by atoms with Gasteiger partial charge in [-0.05, 0) is 48.0 Å². The van der Waals surface area contributed by atoms with Gasteiger partial charge in [0.05, 0.1) is 12.5 Å². The topological polar surface area (TPSA) is 75.3 Å². The van der Waals surface area contributed by atoms with E-state index in [1.807, 2.05) is 48.5 Å². The first-order valence-electron chi connectivity index (χ1n) is 9.29. The van der Waals surface area contributed by atoms with Crippen LogP contribution in [0.4, 0.5) is 5.69 Å². The van der Waals surface area contributed by atoms with Crippen LogP contribution in [0.25, 0.3) is 11.0 Å². The number of furan rings is 1. The van der Waals surface area contributed by atoms with Gasteiger partial charge in [0.25, 0.3) is 5.91 Å². The highest BCUT2D eigenvalue weighted by Crippen LogP contribution is 2.25. The molecule has 0 aliphatic heterocycles. The van der Waals surface area contributed by atoms with E-state index in [4.69, 9.17) is 26.0 Å². The van der Waals surface area contributed by atoms with Crippen molar-refractivity contribution in [1.29, 1.82) is 5.26 Å². The molecule has 0 spiro atoms. The molecule has 0 saturated carbocycles. The summed E-state index contributed by atoms with van der Waals surface area (Å²) in [7, 11) is 0. The normalized spacial score (nSPS) is 10.5. The number of halogens is 1. The minimum atomic E-state index is -0.351. The summed E-state index contributed by atoms with van der Waals surface area (Å²) in [5, 5.41) is 13.0. The SMILES string of the molecule is N#CCc1ccc(OCc2ccccc2NC(=O)c2cc3cc(Cl)ccc3o2)cc1. The summed E-state index contributed by atoms with van der Waals surface area (Å²) in [6.07, 6.45) is 0.364. The van der Waals surface area contributed by atoms with Crippen LogP contribution in [-0.2, 0) is 13.0 Å². The smallest absolute Gasteiger partial charge is 0.291 e. The van der Waals surface area contributed by atoms with Gasteiger partial charge in [0.15, 0.2) is 5.76 Å². The average Bonchev–Trinajstić information content (AvgIpc) is 3.18. The highest BCUT2D eigenvalue weighted by atomic mass is 35.5. The molecule has 0 atom stereocenters. The van der Waals surface area contributed by atoms with Gasteiger partial charge in [-0.25, -0.2) is 0 Å². The number of nitrogens with zero attached hydrogens (tertiary/aromatic N) is 1. The van der Waals surface area contributed by atoms with E-state index in [0.717, 1.165) is 16.5 Å². The number of nitrogens with one attached hydrogen (secondary N) is 1. The molecule has 1 amide bonds. The molecular formula is C24H17ClN2O3. The fourth-order valence-corrected chi connectivity index (χ4v) is 3.21. The van der Waals surface area contributed by atoms with Crippen LogP contribution in [0.5, 0.6) is 5.75 Å². The molecule has 3 aromatic carbocycles. The maximum Gasteiger partial charge on any atom is 0.291 e. The molecule has 0 aliphatic rings. The molecule has 4 rings (SSSR count). The number of rotatable bonds is 6. The molecular weight excluding hydrogens is 400 g/mol. The van der Waals surface area contributed by atoms with Gasteiger partial charge in [-0.1, -0.05) is 41.9 Å². The van der Waals surface area contributed by atoms with Gasteiger partial charge >= 0.3 is 0 Å². The summed E-state index contributed by atoms with van der Waals surface area (Å²) >= 11 is 6.00. The Kier molecular flexibility index (Phi) is 5.69. The van der Waals surface area contributed by atoms with Gasteiger partial charge in [-0.15, -0.1) is 0 Å². The van der Waals surface area contributed by atoms with Crippen LogP contribution in [0.1, 0.15) is 21.7 Å². The number of carbonyl (C=O) groups is 1. The summed E-state index contributed by atoms with van der Waals surface area (Å²) in [6.45, 7) is 0.282. The number of benzene rings is 3. The fourth-order valence-electron chi connectivity index (χ4n) is 3.03. The van der Waals surface area contributed by atoms with Gasteiger partial charge in [0, 0.05) is 21.7 Å². The van der Waals surface area contributed by atoms with E-state index in [2.05, 4.69) is 11.4 Å². The van der Waals surface area contributed by atoms with Crippen molar-refractivity contribution in [3.8, 4) is 11.8 Å². The van der Waals surface area contributed by atoms with Crippen molar-refractivity contribution in [3.05, 3.63) is 94.7 Å². The Labute approximate surface area is 178 Å². The van der Waals surface area contributed by atoms with Gasteiger partial charge in [0.1, 0.15) is 17.9 Å². The Morgan fingerprint density at radius 2 is 1.87 bits per heavy atom. The quantitative estimate of drug-likeness (QED) is 0.419. The molecule has 30 heavy (non-hydrogen) atoms. The first-order valence-corrected chi connectivity index (χ1v) is 9.67. The van der Waals surface area contributed by atoms with Gasteiger partial charge in [-0.2, -0.15) is 5.26 Å². The van der Waals surface area contributed by atoms with Gasteiger partial charge in [0.2, 0.25) is 0 Å². The standard InChI is InChI=1S/C24H17ClN2O3/c25-19-7-10-22-18(13-19)14-23(30-22)24(28)27-21-4-2-1-3-17(21)15-29-20-8-5-16(6-9-20)11-12-26/h1-10,13-14H,11,15H2,(H,27,28). The number of hydrogen-bond donors (Lipinski definition) is 1. The number of para-hydroxylation sites is 1. The molecule has 148 valence electrons. The van der Waals surface area contributed by atoms with Crippen molar-refractivity contribution in [2.75, 3.05) is 5.32 Å². The second-order valence-corrected chi connectivity index (χ2v) is 7.11. The van der Waals surface area contributed by atoms with Crippen molar-refractivity contribution in [2.24, 2.45) is 0 Å². The van der Waals surface area contributed by atoms with E-state index < -0.39 is 0 Å². The zero-order valence-corrected chi connectivity index (χ0v) is 16.6. The van der Waals surface area contributed by atoms with Crippen LogP contribution in [0.3, 0.4) is 0 Å². The zero-order chi connectivity index (χ0) is 20.9. The molecule has 1 N–H and O–H groups in total. The first-order chi connectivity index (χ1) is 14.6. The number of hydrogen-bond acceptors (Lipinski definition) is 4. The van der Waals surface area contributed by atoms with Crippen molar-refractivity contribution in [1.82, 2.24) is 0 Å². The van der Waals surface area contributed by atoms with Gasteiger partial charge in [-0.3, -0.25) is 4.79 Å². The van der Waals surface area contributed by atoms with Gasteiger partial charge < -0.3 is 14.5 Å². The zero-order valence-electron chi connectivity index (χ0n) is 15.9. The third kappa shape index (κ3) is 4.45. The Morgan fingerprint density at radius 3 is 2.67 bits per heavy atom. The Morgan fingerprint density at radius 1 is 1.07 bits per heavy atom. The lowest BCUT2D eigenvalue weighted by atomic mass is 10.1. The fraction of sp³-hybridized carbons (Fsp3) is 0.0833. The molecule has 0 radical (unpaired) electrons. The maximum absolute atomic E-state index is 12.7. The minimum absolute atomic E-state index is 0.205. The largest absolute Gasteiger partial charge is 0.489 e. The Bertz CT molecular complexity index is 1240. The third-order valence-corrected chi connectivity index (χ3v) is 4.80. The van der Waals surface area contributed by atoms with Crippen LogP contribution < -0.4 is 10.1 Å². The van der Waals surface area contributed by atoms with E-state index in [9.17, 15) is 4.79 Å².